The summed E-state index contributed by atoms with van der Waals surface area (Å²) in [6, 6.07) is 19.0. The minimum atomic E-state index is -4.03. The summed E-state index contributed by atoms with van der Waals surface area (Å²) in [5.74, 6) is -0.797. The van der Waals surface area contributed by atoms with Crippen molar-refractivity contribution in [3.63, 3.8) is 0 Å². The zero-order valence-corrected chi connectivity index (χ0v) is 19.9. The molecular weight excluding hydrogens is 485 g/mol. The van der Waals surface area contributed by atoms with E-state index in [-0.39, 0.29) is 17.3 Å². The van der Waals surface area contributed by atoms with E-state index in [2.05, 4.69) is 10.6 Å². The van der Waals surface area contributed by atoms with E-state index in [0.29, 0.717) is 27.0 Å². The zero-order chi connectivity index (χ0) is 24.0. The van der Waals surface area contributed by atoms with E-state index in [1.807, 2.05) is 0 Å². The van der Waals surface area contributed by atoms with Gasteiger partial charge in [0.1, 0.15) is 0 Å². The number of nitrogens with one attached hydrogen (secondary N) is 2. The Balaban J connectivity index is 1.85. The Hall–Kier alpha value is -2.91. The molecule has 0 aliphatic heterocycles. The van der Waals surface area contributed by atoms with Gasteiger partial charge in [0, 0.05) is 34.9 Å². The first-order valence-electron chi connectivity index (χ1n) is 9.81. The molecule has 0 saturated carbocycles. The molecule has 33 heavy (non-hydrogen) atoms. The molecule has 0 fully saturated rings. The first-order chi connectivity index (χ1) is 15.6. The van der Waals surface area contributed by atoms with Crippen LogP contribution >= 0.6 is 23.2 Å². The second-order valence-corrected chi connectivity index (χ2v) is 9.98. The summed E-state index contributed by atoms with van der Waals surface area (Å²) in [5.41, 5.74) is 1.54. The summed E-state index contributed by atoms with van der Waals surface area (Å²) in [5, 5.41) is 6.15. The molecule has 0 unspecified atom stereocenters. The number of rotatable bonds is 8. The average molecular weight is 506 g/mol. The summed E-state index contributed by atoms with van der Waals surface area (Å²) in [4.78, 5) is 24.1. The van der Waals surface area contributed by atoms with Crippen molar-refractivity contribution in [3.8, 4) is 0 Å². The van der Waals surface area contributed by atoms with E-state index in [1.54, 1.807) is 48.5 Å². The third-order valence-electron chi connectivity index (χ3n) is 4.49. The summed E-state index contributed by atoms with van der Waals surface area (Å²) >= 11 is 11.9. The molecule has 3 aromatic carbocycles. The lowest BCUT2D eigenvalue weighted by atomic mass is 10.2. The van der Waals surface area contributed by atoms with E-state index in [1.165, 1.54) is 31.2 Å². The molecule has 2 amide bonds. The number of benzene rings is 3. The number of nitrogens with zero attached hydrogens (tertiary/aromatic N) is 1. The fourth-order valence-electron chi connectivity index (χ4n) is 3.06. The minimum absolute atomic E-state index is 0.00869. The third-order valence-corrected chi connectivity index (χ3v) is 6.78. The van der Waals surface area contributed by atoms with Crippen molar-refractivity contribution in [2.24, 2.45) is 0 Å². The lowest BCUT2D eigenvalue weighted by Gasteiger charge is -2.22. The maximum atomic E-state index is 13.3. The maximum Gasteiger partial charge on any atom is 0.243 e. The molecule has 172 valence electrons. The van der Waals surface area contributed by atoms with E-state index in [0.717, 1.165) is 4.31 Å². The first-order valence-corrected chi connectivity index (χ1v) is 12.0. The van der Waals surface area contributed by atoms with Crippen LogP contribution in [0.4, 0.5) is 11.4 Å². The number of carbonyl (C=O) groups is 2. The van der Waals surface area contributed by atoms with Crippen molar-refractivity contribution in [3.05, 3.63) is 88.4 Å². The summed E-state index contributed by atoms with van der Waals surface area (Å²) < 4.78 is 27.7. The van der Waals surface area contributed by atoms with Crippen molar-refractivity contribution in [2.75, 3.05) is 17.2 Å². The van der Waals surface area contributed by atoms with Crippen LogP contribution in [0.25, 0.3) is 0 Å². The highest BCUT2D eigenvalue weighted by Gasteiger charge is 2.27. The predicted molar refractivity (Wildman–Crippen MR) is 130 cm³/mol. The summed E-state index contributed by atoms with van der Waals surface area (Å²) in [7, 11) is -4.03. The summed E-state index contributed by atoms with van der Waals surface area (Å²) in [6.45, 7) is 0.868. The fourth-order valence-corrected chi connectivity index (χ4v) is 4.78. The molecule has 0 aromatic heterocycles. The predicted octanol–water partition coefficient (Wildman–Crippen LogP) is 4.78. The topological polar surface area (TPSA) is 95.6 Å². The molecule has 0 spiro atoms. The standard InChI is InChI=1S/C23H21Cl2N3O4S/c1-16(29)26-20-6-3-7-21(13-20)27-23(30)15-28(14-17-4-2-5-19(25)12-17)33(31,32)22-10-8-18(24)9-11-22/h2-13H,14-15H2,1H3,(H,26,29)(H,27,30). The van der Waals surface area contributed by atoms with Gasteiger partial charge in [0.05, 0.1) is 11.4 Å². The highest BCUT2D eigenvalue weighted by atomic mass is 35.5. The van der Waals surface area contributed by atoms with Crippen LogP contribution in [0.5, 0.6) is 0 Å². The van der Waals surface area contributed by atoms with E-state index in [4.69, 9.17) is 23.2 Å². The van der Waals surface area contributed by atoms with Gasteiger partial charge >= 0.3 is 0 Å². The number of anilines is 2. The van der Waals surface area contributed by atoms with Gasteiger partial charge in [-0.2, -0.15) is 4.31 Å². The Morgan fingerprint density at radius 1 is 0.848 bits per heavy atom. The van der Waals surface area contributed by atoms with E-state index in [9.17, 15) is 18.0 Å². The fraction of sp³-hybridized carbons (Fsp3) is 0.130. The van der Waals surface area contributed by atoms with Crippen LogP contribution in [-0.4, -0.2) is 31.1 Å². The Kier molecular flexibility index (Phi) is 8.10. The van der Waals surface area contributed by atoms with Gasteiger partial charge < -0.3 is 10.6 Å². The maximum absolute atomic E-state index is 13.3. The van der Waals surface area contributed by atoms with Crippen LogP contribution in [0.1, 0.15) is 12.5 Å². The number of hydrogen-bond donors (Lipinski definition) is 2. The molecule has 0 bridgehead atoms. The Bertz CT molecular complexity index is 1260. The molecule has 2 N–H and O–H groups in total. The van der Waals surface area contributed by atoms with E-state index >= 15 is 0 Å². The molecule has 0 radical (unpaired) electrons. The van der Waals surface area contributed by atoms with Crippen molar-refractivity contribution >= 4 is 56.4 Å². The van der Waals surface area contributed by atoms with Crippen molar-refractivity contribution in [1.82, 2.24) is 4.31 Å². The van der Waals surface area contributed by atoms with Crippen LogP contribution < -0.4 is 10.6 Å². The van der Waals surface area contributed by atoms with Crippen LogP contribution in [0.15, 0.2) is 77.7 Å². The van der Waals surface area contributed by atoms with Crippen LogP contribution in [-0.2, 0) is 26.2 Å². The molecule has 0 aliphatic carbocycles. The number of carbonyl (C=O) groups excluding carboxylic acids is 2. The molecule has 3 aromatic rings. The second-order valence-electron chi connectivity index (χ2n) is 7.17. The first kappa shape index (κ1) is 24.7. The van der Waals surface area contributed by atoms with Crippen molar-refractivity contribution in [1.29, 1.82) is 0 Å². The largest absolute Gasteiger partial charge is 0.326 e. The monoisotopic (exact) mass is 505 g/mol. The number of halogens is 2. The van der Waals surface area contributed by atoms with Crippen LogP contribution in [0.3, 0.4) is 0 Å². The van der Waals surface area contributed by atoms with Gasteiger partial charge in [-0.25, -0.2) is 8.42 Å². The second kappa shape index (κ2) is 10.8. The van der Waals surface area contributed by atoms with Crippen LogP contribution in [0.2, 0.25) is 10.0 Å². The molecule has 0 saturated heterocycles. The van der Waals surface area contributed by atoms with Gasteiger partial charge in [-0.15, -0.1) is 0 Å². The Morgan fingerprint density at radius 2 is 1.48 bits per heavy atom. The lowest BCUT2D eigenvalue weighted by Crippen LogP contribution is -2.37. The van der Waals surface area contributed by atoms with Gasteiger partial charge in [0.15, 0.2) is 0 Å². The normalized spacial score (nSPS) is 11.3. The molecule has 10 heteroatoms. The molecular formula is C23H21Cl2N3O4S. The van der Waals surface area contributed by atoms with Gasteiger partial charge in [0.25, 0.3) is 0 Å². The van der Waals surface area contributed by atoms with Crippen LogP contribution in [0, 0.1) is 0 Å². The molecule has 7 nitrogen and oxygen atoms in total. The quantitative estimate of drug-likeness (QED) is 0.460. The smallest absolute Gasteiger partial charge is 0.243 e. The molecule has 0 atom stereocenters. The number of hydrogen-bond acceptors (Lipinski definition) is 4. The number of amides is 2. The Morgan fingerprint density at radius 3 is 2.12 bits per heavy atom. The molecule has 0 aliphatic rings. The summed E-state index contributed by atoms with van der Waals surface area (Å²) in [6.07, 6.45) is 0. The third kappa shape index (κ3) is 7.03. The number of sulfonamides is 1. The highest BCUT2D eigenvalue weighted by Crippen LogP contribution is 2.22. The Labute approximate surface area is 202 Å². The van der Waals surface area contributed by atoms with Gasteiger partial charge in [-0.3, -0.25) is 9.59 Å². The van der Waals surface area contributed by atoms with E-state index < -0.39 is 22.5 Å². The minimum Gasteiger partial charge on any atom is -0.326 e. The van der Waals surface area contributed by atoms with Gasteiger partial charge in [-0.05, 0) is 60.2 Å². The average Bonchev–Trinajstić information content (AvgIpc) is 2.73. The van der Waals surface area contributed by atoms with Crippen molar-refractivity contribution in [2.45, 2.75) is 18.4 Å². The highest BCUT2D eigenvalue weighted by molar-refractivity contribution is 7.89. The molecule has 3 rings (SSSR count). The van der Waals surface area contributed by atoms with Gasteiger partial charge in [0.2, 0.25) is 21.8 Å². The van der Waals surface area contributed by atoms with Crippen molar-refractivity contribution < 1.29 is 18.0 Å². The van der Waals surface area contributed by atoms with Gasteiger partial charge in [-0.1, -0.05) is 41.4 Å². The SMILES string of the molecule is CC(=O)Nc1cccc(NC(=O)CN(Cc2cccc(Cl)c2)S(=O)(=O)c2ccc(Cl)cc2)c1. The zero-order valence-electron chi connectivity index (χ0n) is 17.6. The lowest BCUT2D eigenvalue weighted by molar-refractivity contribution is -0.116. The molecule has 0 heterocycles.